The van der Waals surface area contributed by atoms with Crippen molar-refractivity contribution in [3.8, 4) is 11.3 Å². The van der Waals surface area contributed by atoms with E-state index in [0.29, 0.717) is 26.1 Å². The minimum atomic E-state index is -1.16. The first-order valence-corrected chi connectivity index (χ1v) is 21.2. The minimum Gasteiger partial charge on any atom is -0.453 e. The number of ether oxygens (including phenoxy) is 1. The van der Waals surface area contributed by atoms with E-state index in [9.17, 15) is 24.3 Å². The Hall–Kier alpha value is -6.28. The predicted octanol–water partition coefficient (Wildman–Crippen LogP) is 6.03. The smallest absolute Gasteiger partial charge is 0.407 e. The number of fused-ring (bicyclic) bond motifs is 1. The summed E-state index contributed by atoms with van der Waals surface area (Å²) in [6.07, 6.45) is 4.19. The molecule has 0 spiro atoms. The second-order valence-corrected chi connectivity index (χ2v) is 18.2. The van der Waals surface area contributed by atoms with E-state index in [1.165, 1.54) is 7.11 Å². The molecule has 1 aliphatic heterocycles. The molecule has 5 aromatic rings. The second-order valence-electron chi connectivity index (χ2n) is 18.2. The molecule has 14 nitrogen and oxygen atoms in total. The van der Waals surface area contributed by atoms with Crippen LogP contribution in [-0.4, -0.2) is 104 Å². The average molecular weight is 845 g/mol. The fraction of sp³-hybridized carbons (Fsp3) is 0.417. The monoisotopic (exact) mass is 844 g/mol. The summed E-state index contributed by atoms with van der Waals surface area (Å²) in [7, 11) is 1.23. The molecule has 4 heterocycles. The van der Waals surface area contributed by atoms with Gasteiger partial charge in [0, 0.05) is 37.1 Å². The number of aromatic nitrogens is 3. The molecular formula is C48H60N8O6. The zero-order valence-corrected chi connectivity index (χ0v) is 36.7. The van der Waals surface area contributed by atoms with Crippen LogP contribution in [0.15, 0.2) is 110 Å². The van der Waals surface area contributed by atoms with Crippen LogP contribution in [0.5, 0.6) is 0 Å². The molecular weight excluding hydrogens is 785 g/mol. The van der Waals surface area contributed by atoms with Gasteiger partial charge in [0.2, 0.25) is 11.8 Å². The predicted molar refractivity (Wildman–Crippen MR) is 238 cm³/mol. The molecule has 1 aliphatic rings. The van der Waals surface area contributed by atoms with Gasteiger partial charge in [-0.25, -0.2) is 14.6 Å². The summed E-state index contributed by atoms with van der Waals surface area (Å²) in [6.45, 7) is 12.4. The highest BCUT2D eigenvalue weighted by Crippen LogP contribution is 2.30. The van der Waals surface area contributed by atoms with Gasteiger partial charge < -0.3 is 40.0 Å². The van der Waals surface area contributed by atoms with Gasteiger partial charge in [0.15, 0.2) is 0 Å². The molecule has 6 rings (SSSR count). The van der Waals surface area contributed by atoms with Crippen molar-refractivity contribution in [3.05, 3.63) is 127 Å². The number of benzene rings is 2. The maximum Gasteiger partial charge on any atom is 0.407 e. The molecule has 1 fully saturated rings. The lowest BCUT2D eigenvalue weighted by Gasteiger charge is -2.38. The van der Waals surface area contributed by atoms with Gasteiger partial charge in [-0.3, -0.25) is 14.6 Å². The Morgan fingerprint density at radius 3 is 2.13 bits per heavy atom. The van der Waals surface area contributed by atoms with E-state index in [1.54, 1.807) is 22.2 Å². The maximum absolute atomic E-state index is 14.7. The van der Waals surface area contributed by atoms with Gasteiger partial charge in [-0.2, -0.15) is 0 Å². The van der Waals surface area contributed by atoms with Gasteiger partial charge in [-0.15, -0.1) is 0 Å². The topological polar surface area (TPSA) is 171 Å². The van der Waals surface area contributed by atoms with Crippen molar-refractivity contribution in [1.29, 1.82) is 0 Å². The number of methoxy groups -OCH3 is 1. The first-order valence-electron chi connectivity index (χ1n) is 21.2. The van der Waals surface area contributed by atoms with E-state index < -0.39 is 53.1 Å². The molecule has 0 bridgehead atoms. The van der Waals surface area contributed by atoms with Crippen LogP contribution in [0, 0.1) is 10.8 Å². The van der Waals surface area contributed by atoms with Crippen LogP contribution in [-0.2, 0) is 33.7 Å². The number of nitrogens with one attached hydrogen (secondary N) is 3. The molecule has 0 saturated carbocycles. The number of aliphatic hydroxyl groups excluding tert-OH is 1. The third-order valence-electron chi connectivity index (χ3n) is 11.3. The molecule has 328 valence electrons. The number of urea groups is 1. The standard InChI is InChI=1S/C48H60N8O6/c1-47(2,3)41(53-45(60)62-7)43(58)52-38(28-33-19-21-34(22-20-33)37-18-11-13-23-49-37)39(57)29-35(27-32-15-9-8-10-16-32)51-44(59)42(48(4,5)6)56-26-25-54(46(56)61)31-40-50-30-36-17-12-14-24-55(36)40/h8-24,30,35,38-39,41-42,57H,25-29,31H2,1-7H3,(H,51,59)(H,52,58)(H,53,60)/t35-,38-,39-,41+,42+/m0/s1. The van der Waals surface area contributed by atoms with Crippen LogP contribution in [0.1, 0.15) is 64.9 Å². The van der Waals surface area contributed by atoms with E-state index in [1.807, 2.05) is 143 Å². The summed E-state index contributed by atoms with van der Waals surface area (Å²) in [4.78, 5) is 67.6. The highest BCUT2D eigenvalue weighted by molar-refractivity contribution is 5.89. The Bertz CT molecular complexity index is 2290. The molecule has 0 unspecified atom stereocenters. The normalized spacial score (nSPS) is 15.7. The van der Waals surface area contributed by atoms with Crippen LogP contribution >= 0.6 is 0 Å². The van der Waals surface area contributed by atoms with Crippen LogP contribution in [0.3, 0.4) is 0 Å². The number of hydrogen-bond acceptors (Lipinski definition) is 8. The van der Waals surface area contributed by atoms with E-state index in [4.69, 9.17) is 4.74 Å². The highest BCUT2D eigenvalue weighted by Gasteiger charge is 2.44. The molecule has 5 atom stereocenters. The zero-order valence-electron chi connectivity index (χ0n) is 36.7. The molecule has 14 heteroatoms. The lowest BCUT2D eigenvalue weighted by Crippen LogP contribution is -2.59. The first kappa shape index (κ1) is 45.3. The number of carbonyl (C=O) groups excluding carboxylic acids is 4. The lowest BCUT2D eigenvalue weighted by atomic mass is 9.84. The van der Waals surface area contributed by atoms with Crippen molar-refractivity contribution in [2.75, 3.05) is 20.2 Å². The van der Waals surface area contributed by atoms with Gasteiger partial charge in [-0.1, -0.05) is 108 Å². The van der Waals surface area contributed by atoms with Crippen LogP contribution in [0.25, 0.3) is 16.8 Å². The highest BCUT2D eigenvalue weighted by atomic mass is 16.5. The van der Waals surface area contributed by atoms with E-state index in [2.05, 4.69) is 25.9 Å². The number of carbonyl (C=O) groups is 4. The van der Waals surface area contributed by atoms with Crippen LogP contribution in [0.2, 0.25) is 0 Å². The Kier molecular flexibility index (Phi) is 14.3. The summed E-state index contributed by atoms with van der Waals surface area (Å²) in [5.41, 5.74) is 3.08. The van der Waals surface area contributed by atoms with Crippen molar-refractivity contribution in [1.82, 2.24) is 40.1 Å². The van der Waals surface area contributed by atoms with Crippen molar-refractivity contribution in [3.63, 3.8) is 0 Å². The molecule has 5 amide bonds. The zero-order chi connectivity index (χ0) is 44.6. The summed E-state index contributed by atoms with van der Waals surface area (Å²) in [5, 5.41) is 21.2. The quantitative estimate of drug-likeness (QED) is 0.0934. The van der Waals surface area contributed by atoms with Gasteiger partial charge in [0.1, 0.15) is 17.9 Å². The lowest BCUT2D eigenvalue weighted by molar-refractivity contribution is -0.130. The summed E-state index contributed by atoms with van der Waals surface area (Å²) < 4.78 is 6.80. The number of nitrogens with zero attached hydrogens (tertiary/aromatic N) is 5. The molecule has 62 heavy (non-hydrogen) atoms. The number of pyridine rings is 2. The van der Waals surface area contributed by atoms with Gasteiger partial charge in [0.05, 0.1) is 43.2 Å². The second kappa shape index (κ2) is 19.6. The average Bonchev–Trinajstić information content (AvgIpc) is 3.81. The van der Waals surface area contributed by atoms with Crippen molar-refractivity contribution in [2.24, 2.45) is 10.8 Å². The van der Waals surface area contributed by atoms with Crippen molar-refractivity contribution in [2.45, 2.75) is 97.6 Å². The molecule has 0 aliphatic carbocycles. The molecule has 4 N–H and O–H groups in total. The number of alkyl carbamates (subject to hydrolysis) is 1. The fourth-order valence-electron chi connectivity index (χ4n) is 8.11. The Morgan fingerprint density at radius 2 is 1.47 bits per heavy atom. The molecule has 3 aromatic heterocycles. The third kappa shape index (κ3) is 11.3. The number of hydrogen-bond donors (Lipinski definition) is 4. The largest absolute Gasteiger partial charge is 0.453 e. The maximum atomic E-state index is 14.7. The van der Waals surface area contributed by atoms with Gasteiger partial charge in [-0.05, 0) is 65.5 Å². The van der Waals surface area contributed by atoms with E-state index >= 15 is 0 Å². The number of amides is 5. The Balaban J connectivity index is 1.25. The molecule has 1 saturated heterocycles. The van der Waals surface area contributed by atoms with Crippen molar-refractivity contribution >= 4 is 29.5 Å². The fourth-order valence-corrected chi connectivity index (χ4v) is 8.11. The van der Waals surface area contributed by atoms with Crippen LogP contribution in [0.4, 0.5) is 9.59 Å². The van der Waals surface area contributed by atoms with Crippen molar-refractivity contribution < 1.29 is 29.0 Å². The molecule has 2 aromatic carbocycles. The summed E-state index contributed by atoms with van der Waals surface area (Å²) >= 11 is 0. The Morgan fingerprint density at radius 1 is 0.774 bits per heavy atom. The number of imidazole rings is 1. The molecule has 0 radical (unpaired) electrons. The SMILES string of the molecule is COC(=O)N[C@H](C(=O)N[C@@H](Cc1ccc(-c2ccccn2)cc1)[C@@H](O)C[C@H](Cc1ccccc1)NC(=O)[C@@H](N1CCN(Cc2ncc3ccccn23)C1=O)C(C)(C)C)C(C)(C)C. The van der Waals surface area contributed by atoms with E-state index in [-0.39, 0.29) is 24.8 Å². The Labute approximate surface area is 364 Å². The van der Waals surface area contributed by atoms with E-state index in [0.717, 1.165) is 33.7 Å². The summed E-state index contributed by atoms with van der Waals surface area (Å²) in [6, 6.07) is 25.4. The minimum absolute atomic E-state index is 0.0616. The van der Waals surface area contributed by atoms with Gasteiger partial charge >= 0.3 is 12.1 Å². The summed E-state index contributed by atoms with van der Waals surface area (Å²) in [5.74, 6) is -0.105. The van der Waals surface area contributed by atoms with Crippen LogP contribution < -0.4 is 16.0 Å². The van der Waals surface area contributed by atoms with Gasteiger partial charge in [0.25, 0.3) is 0 Å². The first-order chi connectivity index (χ1) is 29.5. The number of aliphatic hydroxyl groups is 1. The third-order valence-corrected chi connectivity index (χ3v) is 11.3. The number of rotatable bonds is 16.